The van der Waals surface area contributed by atoms with Crippen LogP contribution < -0.4 is 14.8 Å². The smallest absolute Gasteiger partial charge is 0.415 e. The van der Waals surface area contributed by atoms with E-state index in [2.05, 4.69) is 5.32 Å². The lowest BCUT2D eigenvalue weighted by atomic mass is 9.90. The molecule has 0 heterocycles. The van der Waals surface area contributed by atoms with Gasteiger partial charge >= 0.3 is 6.18 Å². The average Bonchev–Trinajstić information content (AvgIpc) is 3.01. The summed E-state index contributed by atoms with van der Waals surface area (Å²) in [5.41, 5.74) is -1.26. The van der Waals surface area contributed by atoms with Gasteiger partial charge in [-0.05, 0) is 36.1 Å². The van der Waals surface area contributed by atoms with Crippen LogP contribution in [0.5, 0.6) is 11.5 Å². The van der Waals surface area contributed by atoms with Gasteiger partial charge in [-0.3, -0.25) is 4.79 Å². The van der Waals surface area contributed by atoms with Crippen molar-refractivity contribution in [2.24, 2.45) is 0 Å². The number of hydrogen-bond donors (Lipinski definition) is 1. The van der Waals surface area contributed by atoms with Crippen molar-refractivity contribution in [3.05, 3.63) is 59.2 Å². The van der Waals surface area contributed by atoms with Crippen LogP contribution in [0, 0.1) is 0 Å². The van der Waals surface area contributed by atoms with Crippen molar-refractivity contribution in [3.8, 4) is 11.5 Å². The molecule has 0 saturated carbocycles. The Kier molecular flexibility index (Phi) is 5.04. The number of aryl methyl sites for hydroxylation is 1. The maximum absolute atomic E-state index is 14.0. The Morgan fingerprint density at radius 1 is 1.07 bits per heavy atom. The van der Waals surface area contributed by atoms with Crippen LogP contribution in [-0.2, 0) is 23.2 Å². The number of hydrogen-bond acceptors (Lipinski definition) is 3. The summed E-state index contributed by atoms with van der Waals surface area (Å²) in [6.45, 7) is 0. The van der Waals surface area contributed by atoms with Crippen molar-refractivity contribution in [1.82, 2.24) is 5.32 Å². The number of alkyl halides is 3. The quantitative estimate of drug-likeness (QED) is 0.860. The van der Waals surface area contributed by atoms with Gasteiger partial charge in [0.05, 0.1) is 20.6 Å². The van der Waals surface area contributed by atoms with Crippen molar-refractivity contribution in [3.63, 3.8) is 0 Å². The van der Waals surface area contributed by atoms with E-state index in [1.807, 2.05) is 0 Å². The predicted octanol–water partition coefficient (Wildman–Crippen LogP) is 3.77. The maximum atomic E-state index is 14.0. The molecule has 1 amide bonds. The standard InChI is InChI=1S/C20H20F3NO3/c1-26-16-8-5-9-17(27-2)14(16)12-18(25)24-19(20(21,22)23)11-10-13-6-3-4-7-15(13)19/h3-9H,10-12H2,1-2H3,(H,24,25)/t19-/m0/s1. The van der Waals surface area contributed by atoms with E-state index in [9.17, 15) is 18.0 Å². The molecule has 1 aliphatic carbocycles. The first-order valence-corrected chi connectivity index (χ1v) is 8.48. The lowest BCUT2D eigenvalue weighted by Gasteiger charge is -2.34. The van der Waals surface area contributed by atoms with Crippen LogP contribution >= 0.6 is 0 Å². The van der Waals surface area contributed by atoms with Crippen LogP contribution in [0.15, 0.2) is 42.5 Å². The number of ether oxygens (including phenoxy) is 2. The number of amides is 1. The molecule has 4 nitrogen and oxygen atoms in total. The van der Waals surface area contributed by atoms with Gasteiger partial charge < -0.3 is 14.8 Å². The van der Waals surface area contributed by atoms with Crippen molar-refractivity contribution in [2.75, 3.05) is 14.2 Å². The van der Waals surface area contributed by atoms with Crippen molar-refractivity contribution in [1.29, 1.82) is 0 Å². The Balaban J connectivity index is 1.93. The van der Waals surface area contributed by atoms with Crippen LogP contribution in [-0.4, -0.2) is 26.3 Å². The van der Waals surface area contributed by atoms with Gasteiger partial charge in [-0.1, -0.05) is 30.3 Å². The second kappa shape index (κ2) is 7.13. The fourth-order valence-corrected chi connectivity index (χ4v) is 3.65. The molecule has 0 aromatic heterocycles. The summed E-state index contributed by atoms with van der Waals surface area (Å²) < 4.78 is 52.5. The average molecular weight is 379 g/mol. The first-order valence-electron chi connectivity index (χ1n) is 8.48. The second-order valence-electron chi connectivity index (χ2n) is 6.43. The molecule has 0 unspecified atom stereocenters. The van der Waals surface area contributed by atoms with Crippen molar-refractivity contribution in [2.45, 2.75) is 31.0 Å². The molecule has 0 bridgehead atoms. The molecule has 2 aromatic rings. The normalized spacial score (nSPS) is 18.7. The van der Waals surface area contributed by atoms with Gasteiger partial charge in [0.15, 0.2) is 5.54 Å². The van der Waals surface area contributed by atoms with E-state index in [0.29, 0.717) is 22.6 Å². The Morgan fingerprint density at radius 2 is 1.70 bits per heavy atom. The van der Waals surface area contributed by atoms with Gasteiger partial charge in [0.1, 0.15) is 11.5 Å². The monoisotopic (exact) mass is 379 g/mol. The third-order valence-corrected chi connectivity index (χ3v) is 4.95. The van der Waals surface area contributed by atoms with Gasteiger partial charge in [-0.25, -0.2) is 0 Å². The molecule has 1 atom stereocenters. The predicted molar refractivity (Wildman–Crippen MR) is 93.9 cm³/mol. The number of nitrogens with one attached hydrogen (secondary N) is 1. The van der Waals surface area contributed by atoms with Crippen LogP contribution in [0.4, 0.5) is 13.2 Å². The highest BCUT2D eigenvalue weighted by Gasteiger charge is 2.59. The molecule has 0 spiro atoms. The van der Waals surface area contributed by atoms with E-state index in [4.69, 9.17) is 9.47 Å². The molecular weight excluding hydrogens is 359 g/mol. The van der Waals surface area contributed by atoms with Crippen molar-refractivity contribution >= 4 is 5.91 Å². The summed E-state index contributed by atoms with van der Waals surface area (Å²) in [5.74, 6) is 0.0292. The summed E-state index contributed by atoms with van der Waals surface area (Å²) in [5, 5.41) is 2.26. The van der Waals surface area contributed by atoms with Gasteiger partial charge in [0, 0.05) is 5.56 Å². The Morgan fingerprint density at radius 3 is 2.30 bits per heavy atom. The molecule has 144 valence electrons. The lowest BCUT2D eigenvalue weighted by molar-refractivity contribution is -0.202. The fourth-order valence-electron chi connectivity index (χ4n) is 3.65. The first-order chi connectivity index (χ1) is 12.8. The molecule has 7 heteroatoms. The van der Waals surface area contributed by atoms with Crippen LogP contribution in [0.25, 0.3) is 0 Å². The summed E-state index contributed by atoms with van der Waals surface area (Å²) in [7, 11) is 2.86. The van der Waals surface area contributed by atoms with Crippen molar-refractivity contribution < 1.29 is 27.4 Å². The number of methoxy groups -OCH3 is 2. The number of halogens is 3. The topological polar surface area (TPSA) is 47.6 Å². The molecule has 27 heavy (non-hydrogen) atoms. The third kappa shape index (κ3) is 3.34. The number of carbonyl (C=O) groups excluding carboxylic acids is 1. The number of rotatable bonds is 5. The minimum absolute atomic E-state index is 0.109. The minimum atomic E-state index is -4.61. The lowest BCUT2D eigenvalue weighted by Crippen LogP contribution is -2.55. The van der Waals surface area contributed by atoms with Gasteiger partial charge in [0.25, 0.3) is 0 Å². The van der Waals surface area contributed by atoms with E-state index < -0.39 is 17.6 Å². The highest BCUT2D eigenvalue weighted by atomic mass is 19.4. The van der Waals surface area contributed by atoms with Gasteiger partial charge in [-0.15, -0.1) is 0 Å². The van der Waals surface area contributed by atoms with Crippen LogP contribution in [0.1, 0.15) is 23.1 Å². The van der Waals surface area contributed by atoms with Crippen LogP contribution in [0.2, 0.25) is 0 Å². The molecule has 0 radical (unpaired) electrons. The number of benzene rings is 2. The number of fused-ring (bicyclic) bond motifs is 1. The van der Waals surface area contributed by atoms with Gasteiger partial charge in [0.2, 0.25) is 5.91 Å². The minimum Gasteiger partial charge on any atom is -0.496 e. The molecule has 3 rings (SSSR count). The van der Waals surface area contributed by atoms with E-state index in [-0.39, 0.29) is 24.8 Å². The fraction of sp³-hybridized carbons (Fsp3) is 0.350. The van der Waals surface area contributed by atoms with Gasteiger partial charge in [-0.2, -0.15) is 13.2 Å². The molecule has 1 aliphatic rings. The molecule has 0 fully saturated rings. The second-order valence-corrected chi connectivity index (χ2v) is 6.43. The molecular formula is C20H20F3NO3. The molecule has 0 aliphatic heterocycles. The molecule has 1 N–H and O–H groups in total. The Hall–Kier alpha value is -2.70. The van der Waals surface area contributed by atoms with E-state index in [1.54, 1.807) is 36.4 Å². The highest BCUT2D eigenvalue weighted by molar-refractivity contribution is 5.81. The summed E-state index contributed by atoms with van der Waals surface area (Å²) in [4.78, 5) is 12.6. The molecule has 0 saturated heterocycles. The van der Waals surface area contributed by atoms with E-state index in [0.717, 1.165) is 0 Å². The highest BCUT2D eigenvalue weighted by Crippen LogP contribution is 2.48. The van der Waals surface area contributed by atoms with E-state index >= 15 is 0 Å². The van der Waals surface area contributed by atoms with E-state index in [1.165, 1.54) is 20.3 Å². The summed E-state index contributed by atoms with van der Waals surface area (Å²) >= 11 is 0. The zero-order chi connectivity index (χ0) is 19.7. The summed E-state index contributed by atoms with van der Waals surface area (Å²) in [6.07, 6.45) is -4.86. The first kappa shape index (κ1) is 19.1. The third-order valence-electron chi connectivity index (χ3n) is 4.95. The SMILES string of the molecule is COc1cccc(OC)c1CC(=O)N[C@@]1(C(F)(F)F)CCc2ccccc21. The largest absolute Gasteiger partial charge is 0.496 e. The van der Waals surface area contributed by atoms with Crippen LogP contribution in [0.3, 0.4) is 0 Å². The summed E-state index contributed by atoms with van der Waals surface area (Å²) in [6, 6.07) is 11.3. The molecule has 2 aromatic carbocycles. The maximum Gasteiger partial charge on any atom is 0.415 e. The number of carbonyl (C=O) groups is 1. The Labute approximate surface area is 155 Å². The zero-order valence-corrected chi connectivity index (χ0v) is 15.0. The Bertz CT molecular complexity index is 828. The zero-order valence-electron chi connectivity index (χ0n) is 15.0.